The van der Waals surface area contributed by atoms with Crippen molar-refractivity contribution in [1.29, 1.82) is 0 Å². The zero-order chi connectivity index (χ0) is 15.9. The first kappa shape index (κ1) is 15.3. The Kier molecular flexibility index (Phi) is 3.84. The molecule has 3 atom stereocenters. The minimum Gasteiger partial charge on any atom is -0.377 e. The Morgan fingerprint density at radius 3 is 3.00 bits per heavy atom. The fourth-order valence-electron chi connectivity index (χ4n) is 3.85. The minimum absolute atomic E-state index is 0.142. The first-order chi connectivity index (χ1) is 10.4. The number of hydrogen-bond acceptors (Lipinski definition) is 4. The third kappa shape index (κ3) is 2.37. The Balaban J connectivity index is 1.66. The van der Waals surface area contributed by atoms with E-state index in [0.717, 1.165) is 24.8 Å². The first-order valence-electron chi connectivity index (χ1n) is 7.84. The Morgan fingerprint density at radius 1 is 1.59 bits per heavy atom. The zero-order valence-electron chi connectivity index (χ0n) is 14.1. The van der Waals surface area contributed by atoms with Crippen molar-refractivity contribution < 1.29 is 4.74 Å². The molecule has 1 aliphatic carbocycles. The van der Waals surface area contributed by atoms with Crippen LogP contribution in [-0.2, 0) is 18.3 Å². The van der Waals surface area contributed by atoms with Crippen molar-refractivity contribution in [2.24, 2.45) is 23.4 Å². The summed E-state index contributed by atoms with van der Waals surface area (Å²) >= 11 is 0. The Hall–Kier alpha value is -1.63. The standard InChI is InChI=1S/C15H26N6O/c1-15(2)12(10-6-7-22-13(10)15)19-14(16-3)20(4)8-11-17-9-18-21(11)5/h9-10,12-13H,6-8H2,1-5H3,(H,16,19). The van der Waals surface area contributed by atoms with Gasteiger partial charge in [0.1, 0.15) is 12.2 Å². The number of aryl methyl sites for hydroxylation is 1. The van der Waals surface area contributed by atoms with Crippen molar-refractivity contribution in [1.82, 2.24) is 25.0 Å². The molecule has 1 aliphatic heterocycles. The van der Waals surface area contributed by atoms with Crippen LogP contribution in [0.5, 0.6) is 0 Å². The van der Waals surface area contributed by atoms with Gasteiger partial charge in [-0.1, -0.05) is 13.8 Å². The maximum atomic E-state index is 5.86. The SMILES string of the molecule is CN=C(NC1C2CCOC2C1(C)C)N(C)Cc1ncnn1C. The molecule has 3 unspecified atom stereocenters. The van der Waals surface area contributed by atoms with Crippen LogP contribution >= 0.6 is 0 Å². The van der Waals surface area contributed by atoms with E-state index in [-0.39, 0.29) is 5.41 Å². The Morgan fingerprint density at radius 2 is 2.36 bits per heavy atom. The lowest BCUT2D eigenvalue weighted by Crippen LogP contribution is -2.67. The molecule has 0 spiro atoms. The highest BCUT2D eigenvalue weighted by molar-refractivity contribution is 5.80. The third-order valence-corrected chi connectivity index (χ3v) is 5.14. The van der Waals surface area contributed by atoms with Crippen LogP contribution in [0.25, 0.3) is 0 Å². The van der Waals surface area contributed by atoms with Crippen molar-refractivity contribution in [3.05, 3.63) is 12.2 Å². The van der Waals surface area contributed by atoms with Gasteiger partial charge in [-0.25, -0.2) is 4.98 Å². The van der Waals surface area contributed by atoms with Gasteiger partial charge in [-0.05, 0) is 6.42 Å². The second kappa shape index (κ2) is 5.53. The van der Waals surface area contributed by atoms with Crippen LogP contribution in [0.3, 0.4) is 0 Å². The molecule has 0 amide bonds. The first-order valence-corrected chi connectivity index (χ1v) is 7.84. The summed E-state index contributed by atoms with van der Waals surface area (Å²) in [4.78, 5) is 10.8. The summed E-state index contributed by atoms with van der Waals surface area (Å²) in [6.07, 6.45) is 3.09. The molecule has 2 fully saturated rings. The molecule has 2 heterocycles. The van der Waals surface area contributed by atoms with E-state index in [1.807, 2.05) is 21.1 Å². The molecule has 7 heteroatoms. The van der Waals surface area contributed by atoms with Crippen molar-refractivity contribution >= 4 is 5.96 Å². The van der Waals surface area contributed by atoms with Gasteiger partial charge in [-0.2, -0.15) is 5.10 Å². The number of nitrogens with zero attached hydrogens (tertiary/aromatic N) is 5. The number of hydrogen-bond donors (Lipinski definition) is 1. The summed E-state index contributed by atoms with van der Waals surface area (Å²) in [5.41, 5.74) is 0.142. The molecule has 22 heavy (non-hydrogen) atoms. The van der Waals surface area contributed by atoms with Gasteiger partial charge in [-0.15, -0.1) is 0 Å². The van der Waals surface area contributed by atoms with Gasteiger partial charge in [0.15, 0.2) is 5.96 Å². The van der Waals surface area contributed by atoms with E-state index in [1.165, 1.54) is 0 Å². The summed E-state index contributed by atoms with van der Waals surface area (Å²) in [6.45, 7) is 6.10. The Labute approximate surface area is 131 Å². The van der Waals surface area contributed by atoms with Crippen LogP contribution in [0.15, 0.2) is 11.3 Å². The topological polar surface area (TPSA) is 67.6 Å². The van der Waals surface area contributed by atoms with E-state index in [9.17, 15) is 0 Å². The van der Waals surface area contributed by atoms with E-state index in [2.05, 4.69) is 39.1 Å². The largest absolute Gasteiger partial charge is 0.377 e. The fraction of sp³-hybridized carbons (Fsp3) is 0.800. The molecule has 2 aliphatic rings. The van der Waals surface area contributed by atoms with E-state index in [4.69, 9.17) is 4.74 Å². The van der Waals surface area contributed by atoms with Crippen LogP contribution in [0, 0.1) is 11.3 Å². The van der Waals surface area contributed by atoms with E-state index in [0.29, 0.717) is 24.6 Å². The second-order valence-electron chi connectivity index (χ2n) is 6.89. The lowest BCUT2D eigenvalue weighted by molar-refractivity contribution is -0.107. The number of ether oxygens (including phenoxy) is 1. The highest BCUT2D eigenvalue weighted by atomic mass is 16.5. The summed E-state index contributed by atoms with van der Waals surface area (Å²) in [5.74, 6) is 2.40. The van der Waals surface area contributed by atoms with Gasteiger partial charge in [0.25, 0.3) is 0 Å². The van der Waals surface area contributed by atoms with E-state index < -0.39 is 0 Å². The van der Waals surface area contributed by atoms with Gasteiger partial charge in [0, 0.05) is 45.1 Å². The summed E-state index contributed by atoms with van der Waals surface area (Å²) in [5, 5.41) is 7.75. The van der Waals surface area contributed by atoms with Crippen molar-refractivity contribution in [3.8, 4) is 0 Å². The van der Waals surface area contributed by atoms with Gasteiger partial charge in [0.2, 0.25) is 0 Å². The number of fused-ring (bicyclic) bond motifs is 1. The molecular formula is C15H26N6O. The van der Waals surface area contributed by atoms with Gasteiger partial charge >= 0.3 is 0 Å². The van der Waals surface area contributed by atoms with E-state index >= 15 is 0 Å². The average molecular weight is 306 g/mol. The summed E-state index contributed by atoms with van der Waals surface area (Å²) < 4.78 is 7.65. The molecular weight excluding hydrogens is 280 g/mol. The van der Waals surface area contributed by atoms with Crippen LogP contribution in [0.1, 0.15) is 26.1 Å². The zero-order valence-corrected chi connectivity index (χ0v) is 14.1. The third-order valence-electron chi connectivity index (χ3n) is 5.14. The molecule has 1 N–H and O–H groups in total. The molecule has 1 aromatic rings. The predicted octanol–water partition coefficient (Wildman–Crippen LogP) is 0.636. The van der Waals surface area contributed by atoms with Crippen LogP contribution < -0.4 is 5.32 Å². The second-order valence-corrected chi connectivity index (χ2v) is 6.89. The monoisotopic (exact) mass is 306 g/mol. The average Bonchev–Trinajstić information content (AvgIpc) is 3.08. The predicted molar refractivity (Wildman–Crippen MR) is 84.4 cm³/mol. The van der Waals surface area contributed by atoms with Crippen LogP contribution in [0.2, 0.25) is 0 Å². The molecule has 0 aromatic carbocycles. The minimum atomic E-state index is 0.142. The fourth-order valence-corrected chi connectivity index (χ4v) is 3.85. The highest BCUT2D eigenvalue weighted by Crippen LogP contribution is 2.52. The number of nitrogens with one attached hydrogen (secondary N) is 1. The summed E-state index contributed by atoms with van der Waals surface area (Å²) in [6, 6.07) is 0.403. The van der Waals surface area contributed by atoms with Crippen LogP contribution in [-0.4, -0.2) is 58.5 Å². The number of guanidine groups is 1. The van der Waals surface area contributed by atoms with Crippen molar-refractivity contribution in [3.63, 3.8) is 0 Å². The number of rotatable bonds is 3. The molecule has 7 nitrogen and oxygen atoms in total. The molecule has 1 saturated carbocycles. The number of aromatic nitrogens is 3. The molecule has 122 valence electrons. The lowest BCUT2D eigenvalue weighted by atomic mass is 9.57. The summed E-state index contributed by atoms with van der Waals surface area (Å²) in [7, 11) is 5.75. The molecule has 3 rings (SSSR count). The van der Waals surface area contributed by atoms with Crippen molar-refractivity contribution in [2.45, 2.75) is 39.0 Å². The molecule has 0 radical (unpaired) electrons. The quantitative estimate of drug-likeness (QED) is 0.655. The Bertz CT molecular complexity index is 566. The molecule has 1 aromatic heterocycles. The maximum absolute atomic E-state index is 5.86. The highest BCUT2D eigenvalue weighted by Gasteiger charge is 2.59. The molecule has 1 saturated heterocycles. The normalized spacial score (nSPS) is 29.9. The van der Waals surface area contributed by atoms with Crippen molar-refractivity contribution in [2.75, 3.05) is 20.7 Å². The molecule has 0 bridgehead atoms. The van der Waals surface area contributed by atoms with Gasteiger partial charge in [0.05, 0.1) is 12.6 Å². The van der Waals surface area contributed by atoms with Crippen LogP contribution in [0.4, 0.5) is 0 Å². The number of aliphatic imine (C=N–C) groups is 1. The smallest absolute Gasteiger partial charge is 0.194 e. The maximum Gasteiger partial charge on any atom is 0.194 e. The lowest BCUT2D eigenvalue weighted by Gasteiger charge is -2.55. The van der Waals surface area contributed by atoms with Gasteiger partial charge in [-0.3, -0.25) is 9.67 Å². The van der Waals surface area contributed by atoms with Gasteiger partial charge < -0.3 is 15.0 Å². The van der Waals surface area contributed by atoms with E-state index in [1.54, 1.807) is 11.0 Å².